The van der Waals surface area contributed by atoms with Crippen LogP contribution in [0.25, 0.3) is 0 Å². The van der Waals surface area contributed by atoms with Crippen molar-refractivity contribution in [2.45, 2.75) is 101 Å². The fraction of sp³-hybridized carbons (Fsp3) is 0.600. The van der Waals surface area contributed by atoms with Crippen molar-refractivity contribution >= 4 is 11.8 Å². The van der Waals surface area contributed by atoms with E-state index in [0.717, 1.165) is 24.7 Å². The van der Waals surface area contributed by atoms with E-state index in [1.807, 2.05) is 11.8 Å². The first-order chi connectivity index (χ1) is 16.1. The van der Waals surface area contributed by atoms with Crippen LogP contribution in [0.5, 0.6) is 11.5 Å². The third-order valence-electron chi connectivity index (χ3n) is 6.73. The van der Waals surface area contributed by atoms with Crippen molar-refractivity contribution in [2.75, 3.05) is 26.4 Å². The number of hydrogen-bond acceptors (Lipinski definition) is 5. The summed E-state index contributed by atoms with van der Waals surface area (Å²) in [5.41, 5.74) is 4.55. The highest BCUT2D eigenvalue weighted by molar-refractivity contribution is 7.99. The largest absolute Gasteiger partial charge is 0.490 e. The Morgan fingerprint density at radius 2 is 1.06 bits per heavy atom. The number of epoxide rings is 2. The molecule has 0 spiro atoms. The maximum absolute atomic E-state index is 6.28. The molecule has 2 aromatic carbocycles. The van der Waals surface area contributed by atoms with Crippen molar-refractivity contribution in [2.24, 2.45) is 0 Å². The molecule has 2 aliphatic rings. The Labute approximate surface area is 216 Å². The van der Waals surface area contributed by atoms with Crippen LogP contribution in [0.4, 0.5) is 0 Å². The van der Waals surface area contributed by atoms with Crippen LogP contribution >= 0.6 is 11.8 Å². The average Bonchev–Trinajstić information content (AvgIpc) is 3.65. The van der Waals surface area contributed by atoms with E-state index in [-0.39, 0.29) is 22.0 Å². The molecule has 2 aliphatic heterocycles. The molecule has 2 fully saturated rings. The Hall–Kier alpha value is -1.69. The van der Waals surface area contributed by atoms with E-state index in [2.05, 4.69) is 93.5 Å². The molecule has 2 unspecified atom stereocenters. The van der Waals surface area contributed by atoms with Gasteiger partial charge in [-0.05, 0) is 73.9 Å². The molecule has 4 rings (SSSR count). The van der Waals surface area contributed by atoms with Gasteiger partial charge in [-0.2, -0.15) is 0 Å². The van der Waals surface area contributed by atoms with E-state index in [0.29, 0.717) is 13.2 Å². The minimum Gasteiger partial charge on any atom is -0.490 e. The molecular weight excluding hydrogens is 456 g/mol. The lowest BCUT2D eigenvalue weighted by molar-refractivity contribution is 0.199. The molecule has 35 heavy (non-hydrogen) atoms. The molecule has 0 aromatic heterocycles. The average molecular weight is 499 g/mol. The monoisotopic (exact) mass is 498 g/mol. The predicted octanol–water partition coefficient (Wildman–Crippen LogP) is 7.39. The smallest absolute Gasteiger partial charge is 0.123 e. The molecule has 0 aliphatic carbocycles. The van der Waals surface area contributed by atoms with Crippen LogP contribution < -0.4 is 9.47 Å². The Morgan fingerprint density at radius 1 is 0.714 bits per heavy atom. The minimum absolute atomic E-state index is 0.0338. The SMILES string of the molecule is Cc1cc(OCC2(C)CO2)c(C(C)(C)C)cc1Sc1cc(C(C)(C)C)c(OCC2(C)CO2)cc1C. The van der Waals surface area contributed by atoms with Crippen LogP contribution in [0.15, 0.2) is 34.1 Å². The van der Waals surface area contributed by atoms with Crippen LogP contribution in [0.1, 0.15) is 77.6 Å². The molecular formula is C30H42O4S. The highest BCUT2D eigenvalue weighted by Crippen LogP contribution is 2.44. The van der Waals surface area contributed by atoms with Crippen LogP contribution in [-0.2, 0) is 20.3 Å². The van der Waals surface area contributed by atoms with Gasteiger partial charge in [0.1, 0.15) is 35.9 Å². The Morgan fingerprint density at radius 3 is 1.34 bits per heavy atom. The lowest BCUT2D eigenvalue weighted by atomic mass is 9.85. The molecule has 2 aromatic rings. The first-order valence-corrected chi connectivity index (χ1v) is 13.4. The third-order valence-corrected chi connectivity index (χ3v) is 8.05. The minimum atomic E-state index is -0.135. The van der Waals surface area contributed by atoms with Crippen LogP contribution in [0.3, 0.4) is 0 Å². The maximum atomic E-state index is 6.28. The first-order valence-electron chi connectivity index (χ1n) is 12.6. The summed E-state index contributed by atoms with van der Waals surface area (Å²) >= 11 is 1.83. The highest BCUT2D eigenvalue weighted by atomic mass is 32.2. The summed E-state index contributed by atoms with van der Waals surface area (Å²) in [7, 11) is 0. The van der Waals surface area contributed by atoms with Gasteiger partial charge in [0.25, 0.3) is 0 Å². The normalized spacial score (nSPS) is 23.8. The van der Waals surface area contributed by atoms with E-state index >= 15 is 0 Å². The highest BCUT2D eigenvalue weighted by Gasteiger charge is 2.41. The van der Waals surface area contributed by atoms with Crippen LogP contribution in [-0.4, -0.2) is 37.6 Å². The van der Waals surface area contributed by atoms with Crippen LogP contribution in [0.2, 0.25) is 0 Å². The summed E-state index contributed by atoms with van der Waals surface area (Å²) in [5, 5.41) is 0. The number of rotatable bonds is 8. The van der Waals surface area contributed by atoms with Crippen molar-refractivity contribution in [1.82, 2.24) is 0 Å². The summed E-state index contributed by atoms with van der Waals surface area (Å²) in [6.07, 6.45) is 0. The number of benzene rings is 2. The number of ether oxygens (including phenoxy) is 4. The van der Waals surface area contributed by atoms with Crippen molar-refractivity contribution in [3.8, 4) is 11.5 Å². The van der Waals surface area contributed by atoms with Gasteiger partial charge in [-0.15, -0.1) is 0 Å². The molecule has 2 heterocycles. The molecule has 0 radical (unpaired) electrons. The summed E-state index contributed by atoms with van der Waals surface area (Å²) in [6, 6.07) is 9.03. The summed E-state index contributed by atoms with van der Waals surface area (Å²) in [6.45, 7) is 24.7. The molecule has 0 bridgehead atoms. The standard InChI is InChI=1S/C30H42O4S/c1-19-11-23(31-15-29(9)17-33-29)21(27(3,4)5)13-25(19)35-26-14-22(28(6,7)8)24(12-20(26)2)32-16-30(10)18-34-30/h11-14H,15-18H2,1-10H3. The fourth-order valence-corrected chi connectivity index (χ4v) is 4.98. The second-order valence-electron chi connectivity index (χ2n) is 12.9. The molecule has 4 nitrogen and oxygen atoms in total. The Kier molecular flexibility index (Phi) is 6.79. The van der Waals surface area contributed by atoms with Gasteiger partial charge in [0.15, 0.2) is 0 Å². The fourth-order valence-electron chi connectivity index (χ4n) is 3.95. The second kappa shape index (κ2) is 9.00. The molecule has 2 atom stereocenters. The lowest BCUT2D eigenvalue weighted by Gasteiger charge is -2.27. The third kappa shape index (κ3) is 6.36. The van der Waals surface area contributed by atoms with Crippen molar-refractivity contribution in [3.63, 3.8) is 0 Å². The molecule has 5 heteroatoms. The molecule has 0 N–H and O–H groups in total. The van der Waals surface area contributed by atoms with Crippen molar-refractivity contribution in [1.29, 1.82) is 0 Å². The zero-order chi connectivity index (χ0) is 25.8. The van der Waals surface area contributed by atoms with Gasteiger partial charge in [-0.25, -0.2) is 0 Å². The predicted molar refractivity (Wildman–Crippen MR) is 144 cm³/mol. The summed E-state index contributed by atoms with van der Waals surface area (Å²) < 4.78 is 23.6. The van der Waals surface area contributed by atoms with Gasteiger partial charge in [0.05, 0.1) is 13.2 Å². The van der Waals surface area contributed by atoms with E-state index in [1.54, 1.807) is 0 Å². The maximum Gasteiger partial charge on any atom is 0.123 e. The Bertz CT molecular complexity index is 1010. The van der Waals surface area contributed by atoms with E-state index in [1.165, 1.54) is 32.0 Å². The van der Waals surface area contributed by atoms with E-state index < -0.39 is 0 Å². The summed E-state index contributed by atoms with van der Waals surface area (Å²) in [5.74, 6) is 1.92. The van der Waals surface area contributed by atoms with Gasteiger partial charge < -0.3 is 18.9 Å². The van der Waals surface area contributed by atoms with Gasteiger partial charge in [-0.3, -0.25) is 0 Å². The summed E-state index contributed by atoms with van der Waals surface area (Å²) in [4.78, 5) is 2.51. The quantitative estimate of drug-likeness (QED) is 0.355. The first kappa shape index (κ1) is 26.4. The Balaban J connectivity index is 1.65. The molecule has 192 valence electrons. The molecule has 2 saturated heterocycles. The molecule has 0 amide bonds. The van der Waals surface area contributed by atoms with Crippen molar-refractivity contribution in [3.05, 3.63) is 46.5 Å². The number of aryl methyl sites for hydroxylation is 2. The van der Waals surface area contributed by atoms with Gasteiger partial charge in [-0.1, -0.05) is 53.3 Å². The topological polar surface area (TPSA) is 43.5 Å². The molecule has 0 saturated carbocycles. The second-order valence-corrected chi connectivity index (χ2v) is 14.0. The lowest BCUT2D eigenvalue weighted by Crippen LogP contribution is -2.20. The van der Waals surface area contributed by atoms with Crippen molar-refractivity contribution < 1.29 is 18.9 Å². The van der Waals surface area contributed by atoms with Gasteiger partial charge in [0.2, 0.25) is 0 Å². The zero-order valence-electron chi connectivity index (χ0n) is 23.2. The van der Waals surface area contributed by atoms with E-state index in [4.69, 9.17) is 18.9 Å². The van der Waals surface area contributed by atoms with E-state index in [9.17, 15) is 0 Å². The zero-order valence-corrected chi connectivity index (χ0v) is 24.0. The van der Waals surface area contributed by atoms with Gasteiger partial charge >= 0.3 is 0 Å². The van der Waals surface area contributed by atoms with Gasteiger partial charge in [0, 0.05) is 20.9 Å². The number of hydrogen-bond donors (Lipinski definition) is 0. The van der Waals surface area contributed by atoms with Crippen LogP contribution in [0, 0.1) is 13.8 Å².